The van der Waals surface area contributed by atoms with Crippen molar-refractivity contribution in [3.63, 3.8) is 0 Å². The second kappa shape index (κ2) is 32.1. The molecule has 0 saturated carbocycles. The lowest BCUT2D eigenvalue weighted by atomic mass is 9.81. The number of aromatic nitrogens is 9. The molecule has 20 aromatic carbocycles. The van der Waals surface area contributed by atoms with Gasteiger partial charge < -0.3 is 26.5 Å². The molecular formula is C126H75N9O6. The fraction of sp³-hybridized carbons (Fsp3) is 0.0238. The average Bonchev–Trinajstić information content (AvgIpc) is 1.56. The predicted molar refractivity (Wildman–Crippen MR) is 568 cm³/mol. The van der Waals surface area contributed by atoms with Crippen molar-refractivity contribution in [1.29, 1.82) is 0 Å². The number of rotatable bonds is 10. The topological polar surface area (TPSA) is 195 Å². The Hall–Kier alpha value is -19.0. The largest absolute Gasteiger partial charge is 0.456 e. The highest BCUT2D eigenvalue weighted by Crippen LogP contribution is 2.52. The standard InChI is InChI=1S/C46H29N3O2.C43H25N3O2.C37H21N3O2/c1-46(2)35-25-28(21-22-29(35)34-23-26-11-3-4-12-27(26)24-36(34)46)43-47-44(32-15-9-19-39-41(32)30-13-5-7-17-37(30)50-39)49-45(48-43)33-16-10-20-40-42(33)31-14-6-8-18-38(31)51-40;1-2-10-29-25-30(24-21-26(29)9-1)27-19-22-28(23-20-27)41-44-42(33-13-7-17-37-39(33)31-11-3-5-15-35(31)47-37)46-43(45-41)34-14-8-18-38-40(34)32-12-4-6-16-36(32)48-38;1-2-8-23-19-24(14-13-22(23)7-1)35-38-36(25-15-17-33-29(20-25)27-9-3-5-11-31(27)41-33)40-37(39-35)26-16-18-34-30(21-26)28-10-4-6-12-32(28)42-34/h3-25H,1-2H3;1-25H;1-21H. The number of furan rings is 6. The summed E-state index contributed by atoms with van der Waals surface area (Å²) in [5, 5.41) is 19.5. The third kappa shape index (κ3) is 13.6. The SMILES string of the molecule is CC1(C)c2cc(-c3nc(-c4cccc5oc6ccccc6c45)nc(-c4cccc5oc6ccccc6c45)n3)ccc2-c2cc3ccccc3cc21.c1ccc2cc(-c3ccc(-c4nc(-c5cccc6oc7ccccc7c56)nc(-c5cccc6oc7ccccc7c56)n4)cc3)ccc2c1.c1ccc2cc(-c3nc(-c4ccc5oc6ccccc6c5c4)nc(-c4ccc5oc6ccccc6c5c4)n3)ccc2c1. The highest BCUT2D eigenvalue weighted by Gasteiger charge is 2.37. The summed E-state index contributed by atoms with van der Waals surface area (Å²) in [6, 6.07) is 143. The predicted octanol–water partition coefficient (Wildman–Crippen LogP) is 33.4. The maximum Gasteiger partial charge on any atom is 0.164 e. The molecule has 0 saturated heterocycles. The molecule has 0 bridgehead atoms. The molecule has 0 amide bonds. The van der Waals surface area contributed by atoms with Gasteiger partial charge in [0.15, 0.2) is 52.4 Å². The Kier molecular flexibility index (Phi) is 18.3. The van der Waals surface area contributed by atoms with E-state index in [2.05, 4.69) is 238 Å². The van der Waals surface area contributed by atoms with E-state index in [0.29, 0.717) is 52.4 Å². The minimum absolute atomic E-state index is 0.202. The van der Waals surface area contributed by atoms with E-state index in [0.717, 1.165) is 198 Å². The minimum Gasteiger partial charge on any atom is -0.456 e. The fourth-order valence-corrected chi connectivity index (χ4v) is 20.9. The smallest absolute Gasteiger partial charge is 0.164 e. The summed E-state index contributed by atoms with van der Waals surface area (Å²) >= 11 is 0. The van der Waals surface area contributed by atoms with Crippen molar-refractivity contribution in [2.45, 2.75) is 19.3 Å². The van der Waals surface area contributed by atoms with Crippen LogP contribution >= 0.6 is 0 Å². The molecule has 15 nitrogen and oxygen atoms in total. The second-order valence-corrected chi connectivity index (χ2v) is 36.5. The van der Waals surface area contributed by atoms with E-state index in [-0.39, 0.29) is 5.41 Å². The highest BCUT2D eigenvalue weighted by atomic mass is 16.3. The third-order valence-corrected chi connectivity index (χ3v) is 27.8. The van der Waals surface area contributed by atoms with Crippen LogP contribution in [-0.2, 0) is 5.41 Å². The first-order valence-corrected chi connectivity index (χ1v) is 47.1. The van der Waals surface area contributed by atoms with Crippen molar-refractivity contribution in [2.75, 3.05) is 0 Å². The maximum atomic E-state index is 6.29. The van der Waals surface area contributed by atoms with Crippen LogP contribution in [-0.4, -0.2) is 44.9 Å². The zero-order valence-corrected chi connectivity index (χ0v) is 75.8. The first-order chi connectivity index (χ1) is 69.5. The zero-order chi connectivity index (χ0) is 93.1. The van der Waals surface area contributed by atoms with Gasteiger partial charge in [-0.15, -0.1) is 0 Å². The van der Waals surface area contributed by atoms with Crippen LogP contribution in [0.3, 0.4) is 0 Å². The van der Waals surface area contributed by atoms with Crippen LogP contribution in [0.4, 0.5) is 0 Å². The van der Waals surface area contributed by atoms with E-state index in [1.807, 2.05) is 194 Å². The molecular weight excluding hydrogens is 1740 g/mol. The Morgan fingerprint density at radius 2 is 0.404 bits per heavy atom. The van der Waals surface area contributed by atoms with Gasteiger partial charge in [-0.1, -0.05) is 305 Å². The molecule has 0 atom stereocenters. The number of para-hydroxylation sites is 6. The van der Waals surface area contributed by atoms with Crippen LogP contribution in [0, 0.1) is 0 Å². The molecule has 0 unspecified atom stereocenters. The van der Waals surface area contributed by atoms with Crippen molar-refractivity contribution in [3.8, 4) is 125 Å². The molecule has 660 valence electrons. The zero-order valence-electron chi connectivity index (χ0n) is 75.8. The molecule has 0 aliphatic heterocycles. The van der Waals surface area contributed by atoms with Gasteiger partial charge in [0.1, 0.15) is 67.0 Å². The summed E-state index contributed by atoms with van der Waals surface area (Å²) in [6.45, 7) is 4.63. The molecule has 30 rings (SSSR count). The lowest BCUT2D eigenvalue weighted by Crippen LogP contribution is -2.15. The van der Waals surface area contributed by atoms with Crippen molar-refractivity contribution in [1.82, 2.24) is 44.9 Å². The van der Waals surface area contributed by atoms with E-state index >= 15 is 0 Å². The number of benzene rings is 20. The quantitative estimate of drug-likeness (QED) is 0.125. The van der Waals surface area contributed by atoms with Gasteiger partial charge in [-0.25, -0.2) is 44.9 Å². The minimum atomic E-state index is -0.202. The fourth-order valence-electron chi connectivity index (χ4n) is 20.9. The summed E-state index contributed by atoms with van der Waals surface area (Å²) in [7, 11) is 0. The van der Waals surface area contributed by atoms with Gasteiger partial charge in [-0.3, -0.25) is 0 Å². The summed E-state index contributed by atoms with van der Waals surface area (Å²) in [5.74, 6) is 5.37. The van der Waals surface area contributed by atoms with E-state index in [4.69, 9.17) is 71.4 Å². The van der Waals surface area contributed by atoms with Crippen LogP contribution in [0.15, 0.2) is 445 Å². The monoisotopic (exact) mass is 1810 g/mol. The lowest BCUT2D eigenvalue weighted by molar-refractivity contribution is 0.661. The van der Waals surface area contributed by atoms with Crippen LogP contribution in [0.5, 0.6) is 0 Å². The number of fused-ring (bicyclic) bond motifs is 24. The Balaban J connectivity index is 0.000000104. The molecule has 0 radical (unpaired) electrons. The summed E-state index contributed by atoms with van der Waals surface area (Å²) in [6.07, 6.45) is 0. The molecule has 29 aromatic rings. The molecule has 0 spiro atoms. The summed E-state index contributed by atoms with van der Waals surface area (Å²) < 4.78 is 37.2. The lowest BCUT2D eigenvalue weighted by Gasteiger charge is -2.22. The van der Waals surface area contributed by atoms with Crippen molar-refractivity contribution in [3.05, 3.63) is 430 Å². The van der Waals surface area contributed by atoms with Gasteiger partial charge in [0.25, 0.3) is 0 Å². The van der Waals surface area contributed by atoms with Gasteiger partial charge in [0, 0.05) is 120 Å². The third-order valence-electron chi connectivity index (χ3n) is 27.8. The van der Waals surface area contributed by atoms with Crippen LogP contribution in [0.2, 0.25) is 0 Å². The molecule has 9 heterocycles. The molecule has 0 N–H and O–H groups in total. The molecule has 9 aromatic heterocycles. The van der Waals surface area contributed by atoms with Gasteiger partial charge in [0.05, 0.1) is 0 Å². The summed E-state index contributed by atoms with van der Waals surface area (Å²) in [4.78, 5) is 46.2. The normalized spacial score (nSPS) is 12.4. The van der Waals surface area contributed by atoms with E-state index in [1.54, 1.807) is 0 Å². The Morgan fingerprint density at radius 3 is 0.816 bits per heavy atom. The highest BCUT2D eigenvalue weighted by molar-refractivity contribution is 6.17. The number of hydrogen-bond donors (Lipinski definition) is 0. The molecule has 1 aliphatic rings. The molecule has 1 aliphatic carbocycles. The van der Waals surface area contributed by atoms with Gasteiger partial charge in [-0.2, -0.15) is 0 Å². The van der Waals surface area contributed by atoms with Crippen molar-refractivity contribution >= 4 is 164 Å². The molecule has 15 heteroatoms. The van der Waals surface area contributed by atoms with Gasteiger partial charge >= 0.3 is 0 Å². The van der Waals surface area contributed by atoms with Gasteiger partial charge in [0.2, 0.25) is 0 Å². The van der Waals surface area contributed by atoms with Crippen LogP contribution in [0.25, 0.3) is 289 Å². The van der Waals surface area contributed by atoms with Crippen LogP contribution in [0.1, 0.15) is 25.0 Å². The van der Waals surface area contributed by atoms with E-state index < -0.39 is 0 Å². The first-order valence-electron chi connectivity index (χ1n) is 47.1. The second-order valence-electron chi connectivity index (χ2n) is 36.5. The van der Waals surface area contributed by atoms with Crippen molar-refractivity contribution < 1.29 is 26.5 Å². The Morgan fingerprint density at radius 1 is 0.149 bits per heavy atom. The number of nitrogens with zero attached hydrogens (tertiary/aromatic N) is 9. The number of hydrogen-bond acceptors (Lipinski definition) is 15. The Labute approximate surface area is 803 Å². The first kappa shape index (κ1) is 80.5. The van der Waals surface area contributed by atoms with Gasteiger partial charge in [-0.05, 0) is 193 Å². The van der Waals surface area contributed by atoms with Crippen LogP contribution < -0.4 is 0 Å². The van der Waals surface area contributed by atoms with E-state index in [9.17, 15) is 0 Å². The molecule has 141 heavy (non-hydrogen) atoms. The summed E-state index contributed by atoms with van der Waals surface area (Å²) in [5.41, 5.74) is 25.2. The van der Waals surface area contributed by atoms with E-state index in [1.165, 1.54) is 49.2 Å². The molecule has 0 fully saturated rings. The average molecular weight is 1810 g/mol. The Bertz CT molecular complexity index is 9850. The maximum absolute atomic E-state index is 6.29. The van der Waals surface area contributed by atoms with Crippen molar-refractivity contribution in [2.24, 2.45) is 0 Å².